The van der Waals surface area contributed by atoms with E-state index in [1.807, 2.05) is 42.7 Å². The number of carbonyl (C=O) groups excluding carboxylic acids is 1. The van der Waals surface area contributed by atoms with Crippen molar-refractivity contribution in [1.29, 1.82) is 0 Å². The van der Waals surface area contributed by atoms with Crippen LogP contribution in [0.3, 0.4) is 0 Å². The Hall–Kier alpha value is -2.93. The summed E-state index contributed by atoms with van der Waals surface area (Å²) in [5.41, 5.74) is 2.37. The molecule has 3 aromatic rings. The molecule has 0 saturated carbocycles. The first-order valence-corrected chi connectivity index (χ1v) is 11.1. The highest BCUT2D eigenvalue weighted by molar-refractivity contribution is 7.98. The number of amides is 1. The normalized spacial score (nSPS) is 14.5. The van der Waals surface area contributed by atoms with E-state index in [0.29, 0.717) is 5.69 Å². The number of hydrogen-bond donors (Lipinski definition) is 1. The molecule has 0 unspecified atom stereocenters. The summed E-state index contributed by atoms with van der Waals surface area (Å²) in [5.74, 6) is 0.594. The number of benzene rings is 2. The summed E-state index contributed by atoms with van der Waals surface area (Å²) < 4.78 is 13.1. The first kappa shape index (κ1) is 20.3. The molecule has 2 heterocycles. The summed E-state index contributed by atoms with van der Waals surface area (Å²) in [5, 5.41) is 11.6. The zero-order chi connectivity index (χ0) is 20.9. The molecule has 2 aromatic carbocycles. The molecule has 0 spiro atoms. The van der Waals surface area contributed by atoms with Crippen molar-refractivity contribution in [3.63, 3.8) is 0 Å². The highest BCUT2D eigenvalue weighted by Crippen LogP contribution is 2.25. The molecule has 1 N–H and O–H groups in total. The van der Waals surface area contributed by atoms with Crippen molar-refractivity contribution in [1.82, 2.24) is 10.2 Å². The topological polar surface area (TPSA) is 58.1 Å². The average molecular weight is 423 g/mol. The van der Waals surface area contributed by atoms with E-state index in [4.69, 9.17) is 0 Å². The minimum absolute atomic E-state index is 0.00655. The zero-order valence-electron chi connectivity index (χ0n) is 16.7. The van der Waals surface area contributed by atoms with Crippen LogP contribution in [0.4, 0.5) is 15.9 Å². The second-order valence-electron chi connectivity index (χ2n) is 7.26. The number of aromatic nitrogens is 2. The van der Waals surface area contributed by atoms with Crippen molar-refractivity contribution in [3.05, 3.63) is 66.5 Å². The molecular formula is C23H23FN4OS. The van der Waals surface area contributed by atoms with Crippen molar-refractivity contribution >= 4 is 29.2 Å². The van der Waals surface area contributed by atoms with E-state index in [1.165, 1.54) is 17.0 Å². The van der Waals surface area contributed by atoms with Crippen LogP contribution in [-0.4, -0.2) is 35.4 Å². The van der Waals surface area contributed by atoms with Gasteiger partial charge in [-0.15, -0.1) is 22.0 Å². The molecule has 1 aromatic heterocycles. The van der Waals surface area contributed by atoms with Gasteiger partial charge in [0.25, 0.3) is 0 Å². The van der Waals surface area contributed by atoms with Gasteiger partial charge in [0.15, 0.2) is 5.82 Å². The third-order valence-electron chi connectivity index (χ3n) is 5.34. The Balaban J connectivity index is 1.32. The zero-order valence-corrected chi connectivity index (χ0v) is 17.5. The van der Waals surface area contributed by atoms with Crippen molar-refractivity contribution < 1.29 is 9.18 Å². The van der Waals surface area contributed by atoms with Gasteiger partial charge in [0, 0.05) is 35.2 Å². The Morgan fingerprint density at radius 1 is 1.00 bits per heavy atom. The van der Waals surface area contributed by atoms with E-state index in [-0.39, 0.29) is 17.6 Å². The lowest BCUT2D eigenvalue weighted by molar-refractivity contribution is -0.120. The third-order valence-corrected chi connectivity index (χ3v) is 6.08. The summed E-state index contributed by atoms with van der Waals surface area (Å²) in [6, 6.07) is 17.9. The number of nitrogens with one attached hydrogen (secondary N) is 1. The first-order chi connectivity index (χ1) is 14.6. The van der Waals surface area contributed by atoms with Gasteiger partial charge in [-0.05, 0) is 79.8 Å². The van der Waals surface area contributed by atoms with Gasteiger partial charge in [0.1, 0.15) is 5.82 Å². The van der Waals surface area contributed by atoms with Gasteiger partial charge in [-0.25, -0.2) is 4.39 Å². The van der Waals surface area contributed by atoms with Crippen LogP contribution in [0, 0.1) is 11.7 Å². The molecule has 1 aliphatic rings. The highest BCUT2D eigenvalue weighted by atomic mass is 32.2. The molecule has 1 fully saturated rings. The van der Waals surface area contributed by atoms with Gasteiger partial charge >= 0.3 is 0 Å². The minimum Gasteiger partial charge on any atom is -0.355 e. The Bertz CT molecular complexity index is 985. The van der Waals surface area contributed by atoms with Crippen molar-refractivity contribution in [2.45, 2.75) is 17.7 Å². The van der Waals surface area contributed by atoms with Crippen LogP contribution in [0.25, 0.3) is 11.3 Å². The van der Waals surface area contributed by atoms with Crippen molar-refractivity contribution in [2.75, 3.05) is 29.6 Å². The van der Waals surface area contributed by atoms with Gasteiger partial charge in [-0.1, -0.05) is 0 Å². The van der Waals surface area contributed by atoms with E-state index in [9.17, 15) is 9.18 Å². The molecule has 0 radical (unpaired) electrons. The largest absolute Gasteiger partial charge is 0.355 e. The van der Waals surface area contributed by atoms with Crippen LogP contribution < -0.4 is 10.2 Å². The number of anilines is 2. The van der Waals surface area contributed by atoms with Crippen LogP contribution >= 0.6 is 11.8 Å². The molecule has 7 heteroatoms. The average Bonchev–Trinajstić information content (AvgIpc) is 2.80. The summed E-state index contributed by atoms with van der Waals surface area (Å²) in [6.45, 7) is 1.52. The fourth-order valence-corrected chi connectivity index (χ4v) is 3.97. The molecule has 1 amide bonds. The summed E-state index contributed by atoms with van der Waals surface area (Å²) in [6.07, 6.45) is 3.58. The number of thioether (sulfide) groups is 1. The predicted octanol–water partition coefficient (Wildman–Crippen LogP) is 4.86. The summed E-state index contributed by atoms with van der Waals surface area (Å²) >= 11 is 1.68. The maximum atomic E-state index is 13.1. The Morgan fingerprint density at radius 3 is 2.30 bits per heavy atom. The van der Waals surface area contributed by atoms with E-state index in [1.54, 1.807) is 23.9 Å². The van der Waals surface area contributed by atoms with Gasteiger partial charge in [0.2, 0.25) is 5.91 Å². The van der Waals surface area contributed by atoms with Crippen LogP contribution in [-0.2, 0) is 4.79 Å². The molecule has 30 heavy (non-hydrogen) atoms. The van der Waals surface area contributed by atoms with E-state index in [2.05, 4.69) is 20.4 Å². The van der Waals surface area contributed by atoms with Crippen molar-refractivity contribution in [2.24, 2.45) is 5.92 Å². The molecular weight excluding hydrogens is 399 g/mol. The monoisotopic (exact) mass is 422 g/mol. The SMILES string of the molecule is CSc1ccc(NC(=O)C2CCN(c3ccc(-c4ccc(F)cc4)nn3)CC2)cc1. The molecule has 0 atom stereocenters. The molecule has 154 valence electrons. The van der Waals surface area contributed by atoms with Crippen molar-refractivity contribution in [3.8, 4) is 11.3 Å². The number of carbonyl (C=O) groups is 1. The molecule has 5 nitrogen and oxygen atoms in total. The second-order valence-corrected chi connectivity index (χ2v) is 8.14. The van der Waals surface area contributed by atoms with Gasteiger partial charge in [-0.3, -0.25) is 4.79 Å². The van der Waals surface area contributed by atoms with E-state index in [0.717, 1.165) is 43.0 Å². The molecule has 1 saturated heterocycles. The van der Waals surface area contributed by atoms with Crippen LogP contribution in [0.2, 0.25) is 0 Å². The first-order valence-electron chi connectivity index (χ1n) is 9.92. The quantitative estimate of drug-likeness (QED) is 0.595. The highest BCUT2D eigenvalue weighted by Gasteiger charge is 2.26. The van der Waals surface area contributed by atoms with Gasteiger partial charge in [-0.2, -0.15) is 0 Å². The number of hydrogen-bond acceptors (Lipinski definition) is 5. The Kier molecular flexibility index (Phi) is 6.28. The van der Waals surface area contributed by atoms with Gasteiger partial charge < -0.3 is 10.2 Å². The molecule has 4 rings (SSSR count). The number of halogens is 1. The lowest BCUT2D eigenvalue weighted by Crippen LogP contribution is -2.38. The smallest absolute Gasteiger partial charge is 0.227 e. The summed E-state index contributed by atoms with van der Waals surface area (Å²) in [7, 11) is 0. The Labute approximate surface area is 179 Å². The predicted molar refractivity (Wildman–Crippen MR) is 119 cm³/mol. The number of nitrogens with zero attached hydrogens (tertiary/aromatic N) is 3. The number of piperidine rings is 1. The second kappa shape index (κ2) is 9.26. The summed E-state index contributed by atoms with van der Waals surface area (Å²) in [4.78, 5) is 15.9. The van der Waals surface area contributed by atoms with Crippen LogP contribution in [0.5, 0.6) is 0 Å². The maximum absolute atomic E-state index is 13.1. The van der Waals surface area contributed by atoms with Crippen LogP contribution in [0.15, 0.2) is 65.6 Å². The lowest BCUT2D eigenvalue weighted by atomic mass is 9.96. The Morgan fingerprint density at radius 2 is 1.70 bits per heavy atom. The third kappa shape index (κ3) is 4.79. The molecule has 1 aliphatic heterocycles. The fourth-order valence-electron chi connectivity index (χ4n) is 3.56. The minimum atomic E-state index is -0.271. The lowest BCUT2D eigenvalue weighted by Gasteiger charge is -2.31. The fraction of sp³-hybridized carbons (Fsp3) is 0.261. The van der Waals surface area contributed by atoms with E-state index < -0.39 is 0 Å². The number of rotatable bonds is 5. The standard InChI is InChI=1S/C23H23FN4OS/c1-30-20-8-6-19(7-9-20)25-23(29)17-12-14-28(15-13-17)22-11-10-21(26-27-22)16-2-4-18(24)5-3-16/h2-11,17H,12-15H2,1H3,(H,25,29). The van der Waals surface area contributed by atoms with Crippen LogP contribution in [0.1, 0.15) is 12.8 Å². The maximum Gasteiger partial charge on any atom is 0.227 e. The molecule has 0 aliphatic carbocycles. The molecule has 0 bridgehead atoms. The van der Waals surface area contributed by atoms with E-state index >= 15 is 0 Å². The van der Waals surface area contributed by atoms with Gasteiger partial charge in [0.05, 0.1) is 5.69 Å².